The summed E-state index contributed by atoms with van der Waals surface area (Å²) >= 11 is 0. The first-order valence-electron chi connectivity index (χ1n) is 7.50. The molecule has 0 spiro atoms. The standard InChI is InChI=1S/C21H26/c1-6-12-19(7-2)20(8-3)16-17(4)15-18(5)21-13-10-9-11-14-21/h6-16H,1-5H3/b12-6-,17-16-,18-15+,19-7+,20-8?. The lowest BCUT2D eigenvalue weighted by molar-refractivity contribution is 1.41. The molecule has 0 N–H and O–H groups in total. The molecule has 1 aromatic rings. The molecule has 1 aromatic carbocycles. The van der Waals surface area contributed by atoms with Crippen molar-refractivity contribution in [1.82, 2.24) is 0 Å². The number of benzene rings is 1. The van der Waals surface area contributed by atoms with Gasteiger partial charge in [0, 0.05) is 0 Å². The minimum Gasteiger partial charge on any atom is -0.0871 e. The van der Waals surface area contributed by atoms with Crippen LogP contribution in [0.3, 0.4) is 0 Å². The molecule has 0 heterocycles. The van der Waals surface area contributed by atoms with E-state index in [9.17, 15) is 0 Å². The van der Waals surface area contributed by atoms with Crippen molar-refractivity contribution in [2.45, 2.75) is 34.6 Å². The molecular weight excluding hydrogens is 252 g/mol. The number of hydrogen-bond donors (Lipinski definition) is 0. The molecule has 0 aliphatic heterocycles. The van der Waals surface area contributed by atoms with E-state index in [4.69, 9.17) is 0 Å². The lowest BCUT2D eigenvalue weighted by Gasteiger charge is -2.06. The average Bonchev–Trinajstić information content (AvgIpc) is 2.51. The summed E-state index contributed by atoms with van der Waals surface area (Å²) in [4.78, 5) is 0. The molecule has 1 rings (SSSR count). The summed E-state index contributed by atoms with van der Waals surface area (Å²) in [6, 6.07) is 10.5. The molecule has 0 atom stereocenters. The molecular formula is C21H26. The van der Waals surface area contributed by atoms with Gasteiger partial charge >= 0.3 is 0 Å². The van der Waals surface area contributed by atoms with Crippen LogP contribution in [0.15, 0.2) is 83.5 Å². The largest absolute Gasteiger partial charge is 0.0871 e. The molecule has 0 aromatic heterocycles. The van der Waals surface area contributed by atoms with Crippen LogP contribution in [0.5, 0.6) is 0 Å². The second-order valence-corrected chi connectivity index (χ2v) is 5.07. The summed E-state index contributed by atoms with van der Waals surface area (Å²) in [5, 5.41) is 0. The van der Waals surface area contributed by atoms with E-state index in [0.29, 0.717) is 0 Å². The van der Waals surface area contributed by atoms with Crippen LogP contribution in [-0.4, -0.2) is 0 Å². The molecule has 0 bridgehead atoms. The summed E-state index contributed by atoms with van der Waals surface area (Å²) in [6.45, 7) is 10.5. The molecule has 0 heteroatoms. The summed E-state index contributed by atoms with van der Waals surface area (Å²) in [6.07, 6.45) is 13.0. The fourth-order valence-corrected chi connectivity index (χ4v) is 2.28. The fraction of sp³-hybridized carbons (Fsp3) is 0.238. The maximum atomic E-state index is 2.24. The molecule has 0 aliphatic rings. The monoisotopic (exact) mass is 278 g/mol. The van der Waals surface area contributed by atoms with Gasteiger partial charge in [0.05, 0.1) is 0 Å². The van der Waals surface area contributed by atoms with Crippen LogP contribution >= 0.6 is 0 Å². The normalized spacial score (nSPS) is 14.9. The van der Waals surface area contributed by atoms with Crippen LogP contribution in [0.4, 0.5) is 0 Å². The van der Waals surface area contributed by atoms with Gasteiger partial charge in [0.1, 0.15) is 0 Å². The van der Waals surface area contributed by atoms with E-state index in [2.05, 4.69) is 88.4 Å². The van der Waals surface area contributed by atoms with Gasteiger partial charge in [-0.05, 0) is 56.9 Å². The van der Waals surface area contributed by atoms with Gasteiger partial charge in [0.25, 0.3) is 0 Å². The molecule has 0 fully saturated rings. The van der Waals surface area contributed by atoms with Crippen LogP contribution in [0.2, 0.25) is 0 Å². The molecule has 21 heavy (non-hydrogen) atoms. The van der Waals surface area contributed by atoms with Crippen LogP contribution in [0.1, 0.15) is 40.2 Å². The van der Waals surface area contributed by atoms with Gasteiger partial charge in [0.2, 0.25) is 0 Å². The Hall–Kier alpha value is -2.08. The molecule has 0 saturated heterocycles. The molecule has 110 valence electrons. The Bertz CT molecular complexity index is 590. The highest BCUT2D eigenvalue weighted by molar-refractivity contribution is 5.66. The maximum Gasteiger partial charge on any atom is -0.0227 e. The highest BCUT2D eigenvalue weighted by Crippen LogP contribution is 2.19. The molecule has 0 nitrogen and oxygen atoms in total. The third kappa shape index (κ3) is 5.43. The van der Waals surface area contributed by atoms with Crippen molar-refractivity contribution in [1.29, 1.82) is 0 Å². The van der Waals surface area contributed by atoms with Crippen LogP contribution in [-0.2, 0) is 0 Å². The summed E-state index contributed by atoms with van der Waals surface area (Å²) < 4.78 is 0. The van der Waals surface area contributed by atoms with Crippen molar-refractivity contribution >= 4 is 5.57 Å². The van der Waals surface area contributed by atoms with Gasteiger partial charge in [-0.3, -0.25) is 0 Å². The molecule has 0 saturated carbocycles. The summed E-state index contributed by atoms with van der Waals surface area (Å²) in [5.41, 5.74) is 6.32. The Labute approximate surface area is 129 Å². The highest BCUT2D eigenvalue weighted by Gasteiger charge is 1.98. The van der Waals surface area contributed by atoms with Gasteiger partial charge in [-0.25, -0.2) is 0 Å². The first-order valence-corrected chi connectivity index (χ1v) is 7.50. The van der Waals surface area contributed by atoms with Gasteiger partial charge in [-0.2, -0.15) is 0 Å². The minimum absolute atomic E-state index is 1.25. The van der Waals surface area contributed by atoms with E-state index in [-0.39, 0.29) is 0 Å². The zero-order valence-corrected chi connectivity index (χ0v) is 13.9. The number of rotatable bonds is 5. The van der Waals surface area contributed by atoms with Crippen molar-refractivity contribution < 1.29 is 0 Å². The van der Waals surface area contributed by atoms with Crippen molar-refractivity contribution in [3.8, 4) is 0 Å². The lowest BCUT2D eigenvalue weighted by Crippen LogP contribution is -1.85. The first-order chi connectivity index (χ1) is 10.1. The van der Waals surface area contributed by atoms with E-state index in [0.717, 1.165) is 0 Å². The average molecular weight is 278 g/mol. The van der Waals surface area contributed by atoms with Crippen molar-refractivity contribution in [2.24, 2.45) is 0 Å². The smallest absolute Gasteiger partial charge is 0.0227 e. The van der Waals surface area contributed by atoms with E-state index in [1.54, 1.807) is 0 Å². The topological polar surface area (TPSA) is 0 Å². The molecule has 0 aliphatic carbocycles. The summed E-state index contributed by atoms with van der Waals surface area (Å²) in [5.74, 6) is 0. The van der Waals surface area contributed by atoms with Crippen LogP contribution in [0, 0.1) is 0 Å². The third-order valence-electron chi connectivity index (χ3n) is 3.36. The zero-order valence-electron chi connectivity index (χ0n) is 13.9. The minimum atomic E-state index is 1.25. The van der Waals surface area contributed by atoms with Crippen LogP contribution < -0.4 is 0 Å². The zero-order chi connectivity index (χ0) is 15.7. The quantitative estimate of drug-likeness (QED) is 0.539. The molecule has 0 radical (unpaired) electrons. The Morgan fingerprint density at radius 2 is 1.43 bits per heavy atom. The van der Waals surface area contributed by atoms with Crippen molar-refractivity contribution in [3.05, 3.63) is 89.1 Å². The Balaban J connectivity index is 3.04. The van der Waals surface area contributed by atoms with Gasteiger partial charge in [-0.15, -0.1) is 0 Å². The van der Waals surface area contributed by atoms with Gasteiger partial charge in [0.15, 0.2) is 0 Å². The second-order valence-electron chi connectivity index (χ2n) is 5.07. The number of hydrogen-bond acceptors (Lipinski definition) is 0. The molecule has 0 amide bonds. The lowest BCUT2D eigenvalue weighted by atomic mass is 10.00. The maximum absolute atomic E-state index is 2.24. The Kier molecular flexibility index (Phi) is 7.25. The number of allylic oxidation sites excluding steroid dienone is 10. The van der Waals surface area contributed by atoms with Gasteiger partial charge in [-0.1, -0.05) is 72.4 Å². The van der Waals surface area contributed by atoms with E-state index in [1.807, 2.05) is 13.0 Å². The van der Waals surface area contributed by atoms with Gasteiger partial charge < -0.3 is 0 Å². The van der Waals surface area contributed by atoms with E-state index < -0.39 is 0 Å². The predicted molar refractivity (Wildman–Crippen MR) is 96.2 cm³/mol. The Morgan fingerprint density at radius 1 is 0.810 bits per heavy atom. The van der Waals surface area contributed by atoms with E-state index >= 15 is 0 Å². The predicted octanol–water partition coefficient (Wildman–Crippen LogP) is 6.50. The first kappa shape index (κ1) is 17.0. The Morgan fingerprint density at radius 3 is 1.95 bits per heavy atom. The van der Waals surface area contributed by atoms with Crippen LogP contribution in [0.25, 0.3) is 5.57 Å². The SMILES string of the molecule is CC=C(/C=C(C)\C=C(/C)c1ccccc1)C(/C=C\C)=C/C. The highest BCUT2D eigenvalue weighted by atomic mass is 14.0. The molecule has 0 unspecified atom stereocenters. The van der Waals surface area contributed by atoms with Crippen molar-refractivity contribution in [3.63, 3.8) is 0 Å². The second kappa shape index (κ2) is 8.97. The van der Waals surface area contributed by atoms with E-state index in [1.165, 1.54) is 27.9 Å². The summed E-state index contributed by atoms with van der Waals surface area (Å²) in [7, 11) is 0. The van der Waals surface area contributed by atoms with Crippen molar-refractivity contribution in [2.75, 3.05) is 0 Å². The third-order valence-corrected chi connectivity index (χ3v) is 3.36. The fourth-order valence-electron chi connectivity index (χ4n) is 2.28.